The number of carbonyl (C=O) groups is 1. The number of carboxylic acids is 1. The maximum atomic E-state index is 10.7. The van der Waals surface area contributed by atoms with Crippen LogP contribution in [0.4, 0.5) is 0 Å². The van der Waals surface area contributed by atoms with E-state index in [2.05, 4.69) is 49.5 Å². The van der Waals surface area contributed by atoms with E-state index in [1.165, 1.54) is 30.2 Å². The third kappa shape index (κ3) is 4.11. The molecule has 0 saturated carbocycles. The van der Waals surface area contributed by atoms with Crippen molar-refractivity contribution in [2.24, 2.45) is 0 Å². The Morgan fingerprint density at radius 2 is 1.90 bits per heavy atom. The van der Waals surface area contributed by atoms with Gasteiger partial charge in [0.2, 0.25) is 0 Å². The van der Waals surface area contributed by atoms with Gasteiger partial charge in [0.05, 0.1) is 40.3 Å². The lowest BCUT2D eigenvalue weighted by molar-refractivity contribution is -0.474. The lowest BCUT2D eigenvalue weighted by atomic mass is 10.2. The van der Waals surface area contributed by atoms with Gasteiger partial charge >= 0.3 is 11.9 Å². The van der Waals surface area contributed by atoms with E-state index < -0.39 is 11.7 Å². The smallest absolute Gasteiger partial charge is 0.350 e. The molecular weight excluding hydrogens is 270 g/mol. The van der Waals surface area contributed by atoms with Gasteiger partial charge in [0, 0.05) is 0 Å². The Kier molecular flexibility index (Phi) is 5.58. The molecule has 0 aliphatic carbocycles. The fourth-order valence-electron chi connectivity index (χ4n) is 2.37. The van der Waals surface area contributed by atoms with Crippen molar-refractivity contribution in [2.75, 3.05) is 34.7 Å². The van der Waals surface area contributed by atoms with E-state index in [4.69, 9.17) is 5.11 Å². The molecule has 1 aromatic rings. The van der Waals surface area contributed by atoms with Crippen LogP contribution in [0.2, 0.25) is 0 Å². The molecule has 0 amide bonds. The number of likely N-dealkylation sites (N-methyl/N-ethyl adjacent to an activating group) is 2. The lowest BCUT2D eigenvalue weighted by Gasteiger charge is -2.12. The van der Waals surface area contributed by atoms with Crippen LogP contribution >= 0.6 is 0 Å². The number of benzene rings is 1. The van der Waals surface area contributed by atoms with E-state index in [0.29, 0.717) is 6.04 Å². The molecule has 6 heteroatoms. The van der Waals surface area contributed by atoms with Gasteiger partial charge in [0.1, 0.15) is 6.04 Å². The third-order valence-electron chi connectivity index (χ3n) is 3.37. The Labute approximate surface area is 125 Å². The minimum absolute atomic E-state index is 0.178. The number of nitrogens with zero attached hydrogens (tertiary/aromatic N) is 3. The first kappa shape index (κ1) is 16.8. The average Bonchev–Trinajstić information content (AvgIpc) is 2.64. The highest BCUT2D eigenvalue weighted by molar-refractivity contribution is 5.90. The highest BCUT2D eigenvalue weighted by Gasteiger charge is 2.35. The van der Waals surface area contributed by atoms with Crippen molar-refractivity contribution in [3.63, 3.8) is 0 Å². The normalized spacial score (nSPS) is 17.4. The van der Waals surface area contributed by atoms with Crippen LogP contribution in [0.15, 0.2) is 24.3 Å². The molecule has 1 unspecified atom stereocenters. The maximum absolute atomic E-state index is 10.7. The zero-order chi connectivity index (χ0) is 16.2. The quantitative estimate of drug-likeness (QED) is 0.756. The van der Waals surface area contributed by atoms with Gasteiger partial charge in [0.25, 0.3) is 0 Å². The van der Waals surface area contributed by atoms with Gasteiger partial charge in [-0.15, -0.1) is 0 Å². The predicted molar refractivity (Wildman–Crippen MR) is 79.8 cm³/mol. The average molecular weight is 293 g/mol. The maximum Gasteiger partial charge on any atom is 0.350 e. The van der Waals surface area contributed by atoms with Gasteiger partial charge < -0.3 is 10.2 Å². The summed E-state index contributed by atoms with van der Waals surface area (Å²) < 4.78 is 2.16. The summed E-state index contributed by atoms with van der Waals surface area (Å²) in [5.41, 5.74) is -0.178. The molecule has 1 aromatic carbocycles. The van der Waals surface area contributed by atoms with E-state index >= 15 is 0 Å². The van der Waals surface area contributed by atoms with Crippen LogP contribution in [-0.2, 0) is 0 Å². The fourth-order valence-corrected chi connectivity index (χ4v) is 2.37. The summed E-state index contributed by atoms with van der Waals surface area (Å²) in [7, 11) is 8.44. The van der Waals surface area contributed by atoms with Gasteiger partial charge in [-0.3, -0.25) is 14.4 Å². The monoisotopic (exact) mass is 293 g/mol. The minimum Gasteiger partial charge on any atom is -0.872 e. The van der Waals surface area contributed by atoms with Crippen molar-refractivity contribution < 1.29 is 19.6 Å². The first-order valence-corrected chi connectivity index (χ1v) is 6.73. The van der Waals surface area contributed by atoms with Crippen LogP contribution in [-0.4, -0.2) is 72.2 Å². The van der Waals surface area contributed by atoms with Crippen molar-refractivity contribution in [1.29, 1.82) is 0 Å². The molecule has 1 fully saturated rings. The van der Waals surface area contributed by atoms with E-state index in [0.717, 1.165) is 6.54 Å². The molecule has 21 heavy (non-hydrogen) atoms. The Morgan fingerprint density at radius 1 is 1.33 bits per heavy atom. The fraction of sp³-hybridized carbons (Fsp3) is 0.467. The van der Waals surface area contributed by atoms with Gasteiger partial charge in [-0.05, 0) is 13.0 Å². The second-order valence-electron chi connectivity index (χ2n) is 5.34. The van der Waals surface area contributed by atoms with Crippen LogP contribution in [0, 0.1) is 0 Å². The summed E-state index contributed by atoms with van der Waals surface area (Å²) in [6.07, 6.45) is 0. The van der Waals surface area contributed by atoms with Crippen LogP contribution in [0.25, 0.3) is 0 Å². The second kappa shape index (κ2) is 6.97. The second-order valence-corrected chi connectivity index (χ2v) is 5.34. The number of para-hydroxylation sites is 1. The molecule has 2 rings (SSSR count). The minimum atomic E-state index is -1.18. The lowest BCUT2D eigenvalue weighted by Crippen LogP contribution is -2.36. The summed E-state index contributed by atoms with van der Waals surface area (Å²) >= 11 is 0. The zero-order valence-corrected chi connectivity index (χ0v) is 13.2. The van der Waals surface area contributed by atoms with Gasteiger partial charge in [-0.1, -0.05) is 23.9 Å². The summed E-state index contributed by atoms with van der Waals surface area (Å²) in [5, 5.41) is 19.0. The van der Waals surface area contributed by atoms with E-state index in [1.54, 1.807) is 0 Å². The standard InChI is InChI=1S/C8H18N3.C7H6O3/c1-7-6-10(4)8(9(2)3)11(7)5;8-6-4-2-1-3-5(6)7(9)10/h7H,6H2,1-5H3;1-4,8H,(H,9,10)/q+1;/p-1. The highest BCUT2D eigenvalue weighted by Crippen LogP contribution is 2.11. The number of guanidine groups is 1. The Hall–Kier alpha value is -2.24. The van der Waals surface area contributed by atoms with E-state index in [-0.39, 0.29) is 5.56 Å². The number of carboxylic acid groups (broad SMARTS) is 1. The molecule has 1 N–H and O–H groups in total. The molecule has 6 nitrogen and oxygen atoms in total. The number of hydrogen-bond donors (Lipinski definition) is 1. The Bertz CT molecular complexity index is 539. The molecule has 1 atom stereocenters. The number of rotatable bonds is 1. The van der Waals surface area contributed by atoms with Crippen LogP contribution in [0.3, 0.4) is 0 Å². The molecular formula is C15H23N3O3. The first-order valence-electron chi connectivity index (χ1n) is 6.73. The van der Waals surface area contributed by atoms with Gasteiger partial charge in [0.15, 0.2) is 0 Å². The SMILES string of the molecule is CC1CN(C)C(=[N+](C)C)N1C.O=C(O)c1ccccc1[O-]. The number of aromatic carboxylic acids is 1. The Morgan fingerprint density at radius 3 is 2.19 bits per heavy atom. The molecule has 1 aliphatic rings. The summed E-state index contributed by atoms with van der Waals surface area (Å²) in [6, 6.07) is 6.17. The molecule has 1 saturated heterocycles. The third-order valence-corrected chi connectivity index (χ3v) is 3.37. The summed E-state index contributed by atoms with van der Waals surface area (Å²) in [5.74, 6) is -0.321. The summed E-state index contributed by atoms with van der Waals surface area (Å²) in [6.45, 7) is 3.37. The van der Waals surface area contributed by atoms with Crippen molar-refractivity contribution in [1.82, 2.24) is 9.80 Å². The Balaban J connectivity index is 0.000000211. The molecule has 116 valence electrons. The largest absolute Gasteiger partial charge is 0.872 e. The van der Waals surface area contributed by atoms with E-state index in [1.807, 2.05) is 0 Å². The topological polar surface area (TPSA) is 69.9 Å². The van der Waals surface area contributed by atoms with Crippen molar-refractivity contribution in [3.8, 4) is 5.75 Å². The predicted octanol–water partition coefficient (Wildman–Crippen LogP) is 0.339. The van der Waals surface area contributed by atoms with Crippen LogP contribution in [0.1, 0.15) is 17.3 Å². The van der Waals surface area contributed by atoms with Gasteiger partial charge in [-0.2, -0.15) is 0 Å². The molecule has 0 bridgehead atoms. The summed E-state index contributed by atoms with van der Waals surface area (Å²) in [4.78, 5) is 14.8. The molecule has 1 aliphatic heterocycles. The van der Waals surface area contributed by atoms with Gasteiger partial charge in [-0.25, -0.2) is 4.79 Å². The van der Waals surface area contributed by atoms with Crippen molar-refractivity contribution >= 4 is 11.9 Å². The molecule has 0 radical (unpaired) electrons. The highest BCUT2D eigenvalue weighted by atomic mass is 16.4. The van der Waals surface area contributed by atoms with Crippen molar-refractivity contribution in [2.45, 2.75) is 13.0 Å². The molecule has 0 aromatic heterocycles. The van der Waals surface area contributed by atoms with E-state index in [9.17, 15) is 9.90 Å². The molecule has 0 spiro atoms. The molecule has 1 heterocycles. The zero-order valence-electron chi connectivity index (χ0n) is 13.2. The van der Waals surface area contributed by atoms with Crippen molar-refractivity contribution in [3.05, 3.63) is 29.8 Å². The van der Waals surface area contributed by atoms with Crippen LogP contribution in [0.5, 0.6) is 5.75 Å². The van der Waals surface area contributed by atoms with Crippen LogP contribution < -0.4 is 5.11 Å². The first-order chi connectivity index (χ1) is 9.75. The number of hydrogen-bond acceptors (Lipinski definition) is 2.